The predicted molar refractivity (Wildman–Crippen MR) is 68.9 cm³/mol. The van der Waals surface area contributed by atoms with Gasteiger partial charge in [0.25, 0.3) is 0 Å². The highest BCUT2D eigenvalue weighted by Gasteiger charge is 2.32. The number of carbonyl (C=O) groups is 1. The second kappa shape index (κ2) is 6.17. The summed E-state index contributed by atoms with van der Waals surface area (Å²) >= 11 is 0. The van der Waals surface area contributed by atoms with Crippen LogP contribution in [0.3, 0.4) is 0 Å². The average Bonchev–Trinajstić information content (AvgIpc) is 2.37. The Labute approximate surface area is 109 Å². The fourth-order valence-corrected chi connectivity index (χ4v) is 2.29. The highest BCUT2D eigenvalue weighted by atomic mass is 16.5. The second-order valence-corrected chi connectivity index (χ2v) is 5.49. The maximum absolute atomic E-state index is 11.6. The van der Waals surface area contributed by atoms with Crippen molar-refractivity contribution in [3.63, 3.8) is 0 Å². The molecular weight excluding hydrogens is 230 g/mol. The van der Waals surface area contributed by atoms with Crippen LogP contribution in [0.15, 0.2) is 0 Å². The highest BCUT2D eigenvalue weighted by molar-refractivity contribution is 5.76. The summed E-state index contributed by atoms with van der Waals surface area (Å²) in [5, 5.41) is 8.88. The zero-order valence-electron chi connectivity index (χ0n) is 11.8. The van der Waals surface area contributed by atoms with Gasteiger partial charge in [-0.25, -0.2) is 0 Å². The van der Waals surface area contributed by atoms with Crippen molar-refractivity contribution in [2.24, 2.45) is 5.41 Å². The van der Waals surface area contributed by atoms with Crippen LogP contribution in [0.25, 0.3) is 0 Å². The molecule has 1 fully saturated rings. The van der Waals surface area contributed by atoms with Gasteiger partial charge in [-0.15, -0.1) is 0 Å². The van der Waals surface area contributed by atoms with Crippen LogP contribution in [-0.2, 0) is 9.53 Å². The van der Waals surface area contributed by atoms with E-state index < -0.39 is 5.41 Å². The molecule has 0 aromatic carbocycles. The van der Waals surface area contributed by atoms with E-state index in [0.29, 0.717) is 6.54 Å². The molecule has 1 saturated heterocycles. The molecular formula is C13H23N3O2. The number of carbonyl (C=O) groups excluding carboxylic acids is 1. The number of hydrogen-bond donors (Lipinski definition) is 0. The van der Waals surface area contributed by atoms with Gasteiger partial charge in [0.05, 0.1) is 24.6 Å². The lowest BCUT2D eigenvalue weighted by atomic mass is 9.92. The van der Waals surface area contributed by atoms with E-state index in [1.807, 2.05) is 20.8 Å². The number of piperazine rings is 1. The molecule has 1 aliphatic rings. The molecule has 5 heteroatoms. The van der Waals surface area contributed by atoms with E-state index in [1.165, 1.54) is 7.11 Å². The van der Waals surface area contributed by atoms with E-state index in [1.54, 1.807) is 0 Å². The molecule has 0 saturated carbocycles. The zero-order chi connectivity index (χ0) is 13.8. The van der Waals surface area contributed by atoms with Gasteiger partial charge >= 0.3 is 5.97 Å². The molecule has 18 heavy (non-hydrogen) atoms. The third kappa shape index (κ3) is 3.69. The number of rotatable bonds is 4. The lowest BCUT2D eigenvalue weighted by Gasteiger charge is -2.38. The van der Waals surface area contributed by atoms with Gasteiger partial charge in [-0.05, 0) is 20.8 Å². The molecule has 1 atom stereocenters. The lowest BCUT2D eigenvalue weighted by molar-refractivity contribution is -0.152. The van der Waals surface area contributed by atoms with E-state index in [-0.39, 0.29) is 12.0 Å². The van der Waals surface area contributed by atoms with Gasteiger partial charge in [0.15, 0.2) is 0 Å². The minimum atomic E-state index is -0.474. The SMILES string of the molecule is COC(=O)C(C)(C)CN1CCN(C(C)C#N)CC1. The van der Waals surface area contributed by atoms with Gasteiger partial charge in [-0.3, -0.25) is 14.6 Å². The van der Waals surface area contributed by atoms with E-state index >= 15 is 0 Å². The summed E-state index contributed by atoms with van der Waals surface area (Å²) < 4.78 is 4.81. The van der Waals surface area contributed by atoms with Crippen LogP contribution in [0.5, 0.6) is 0 Å². The third-order valence-corrected chi connectivity index (χ3v) is 3.50. The van der Waals surface area contributed by atoms with Crippen molar-refractivity contribution in [1.82, 2.24) is 9.80 Å². The maximum Gasteiger partial charge on any atom is 0.312 e. The maximum atomic E-state index is 11.6. The van der Waals surface area contributed by atoms with E-state index in [0.717, 1.165) is 26.2 Å². The summed E-state index contributed by atoms with van der Waals surface area (Å²) in [6, 6.07) is 2.23. The Bertz CT molecular complexity index is 328. The quantitative estimate of drug-likeness (QED) is 0.691. The Morgan fingerprint density at radius 3 is 2.39 bits per heavy atom. The summed E-state index contributed by atoms with van der Waals surface area (Å²) in [5.74, 6) is -0.171. The Hall–Kier alpha value is -1.12. The molecule has 0 amide bonds. The largest absolute Gasteiger partial charge is 0.469 e. The van der Waals surface area contributed by atoms with E-state index in [9.17, 15) is 4.79 Å². The minimum absolute atomic E-state index is 0.0271. The number of ether oxygens (including phenoxy) is 1. The first kappa shape index (κ1) is 14.9. The van der Waals surface area contributed by atoms with Crippen LogP contribution in [0, 0.1) is 16.7 Å². The summed E-state index contributed by atoms with van der Waals surface area (Å²) in [7, 11) is 1.43. The van der Waals surface area contributed by atoms with Gasteiger partial charge in [-0.1, -0.05) is 0 Å². The summed E-state index contributed by atoms with van der Waals surface area (Å²) in [6.45, 7) is 9.99. The van der Waals surface area contributed by atoms with Gasteiger partial charge in [0.2, 0.25) is 0 Å². The molecule has 0 bridgehead atoms. The summed E-state index contributed by atoms with van der Waals surface area (Å²) in [5.41, 5.74) is -0.474. The normalized spacial score (nSPS) is 20.2. The van der Waals surface area contributed by atoms with Crippen molar-refractivity contribution >= 4 is 5.97 Å². The second-order valence-electron chi connectivity index (χ2n) is 5.49. The first-order valence-corrected chi connectivity index (χ1v) is 6.35. The third-order valence-electron chi connectivity index (χ3n) is 3.50. The molecule has 5 nitrogen and oxygen atoms in total. The van der Waals surface area contributed by atoms with Crippen LogP contribution in [0.1, 0.15) is 20.8 Å². The fraction of sp³-hybridized carbons (Fsp3) is 0.846. The topological polar surface area (TPSA) is 56.6 Å². The Balaban J connectivity index is 2.45. The Morgan fingerprint density at radius 1 is 1.39 bits per heavy atom. The minimum Gasteiger partial charge on any atom is -0.469 e. The van der Waals surface area contributed by atoms with E-state index in [2.05, 4.69) is 15.9 Å². The molecule has 0 aromatic rings. The van der Waals surface area contributed by atoms with Crippen LogP contribution < -0.4 is 0 Å². The van der Waals surface area contributed by atoms with Crippen LogP contribution in [0.4, 0.5) is 0 Å². The fourth-order valence-electron chi connectivity index (χ4n) is 2.29. The van der Waals surface area contributed by atoms with Gasteiger partial charge < -0.3 is 4.74 Å². The van der Waals surface area contributed by atoms with Crippen molar-refractivity contribution in [2.45, 2.75) is 26.8 Å². The van der Waals surface area contributed by atoms with Gasteiger partial charge in [0.1, 0.15) is 0 Å². The molecule has 0 aliphatic carbocycles. The highest BCUT2D eigenvalue weighted by Crippen LogP contribution is 2.20. The number of nitriles is 1. The predicted octanol–water partition coefficient (Wildman–Crippen LogP) is 0.715. The molecule has 1 unspecified atom stereocenters. The monoisotopic (exact) mass is 253 g/mol. The molecule has 1 aliphatic heterocycles. The van der Waals surface area contributed by atoms with Crippen molar-refractivity contribution in [3.8, 4) is 6.07 Å². The number of methoxy groups -OCH3 is 1. The van der Waals surface area contributed by atoms with Crippen molar-refractivity contribution in [1.29, 1.82) is 5.26 Å². The molecule has 0 radical (unpaired) electrons. The number of esters is 1. The molecule has 0 N–H and O–H groups in total. The first-order valence-electron chi connectivity index (χ1n) is 6.35. The van der Waals surface area contributed by atoms with Gasteiger partial charge in [0, 0.05) is 32.7 Å². The average molecular weight is 253 g/mol. The standard InChI is InChI=1S/C13H23N3O2/c1-11(9-14)16-7-5-15(6-8-16)10-13(2,3)12(17)18-4/h11H,5-8,10H2,1-4H3. The first-order chi connectivity index (χ1) is 8.40. The van der Waals surface area contributed by atoms with E-state index in [4.69, 9.17) is 10.00 Å². The zero-order valence-corrected chi connectivity index (χ0v) is 11.8. The van der Waals surface area contributed by atoms with Crippen molar-refractivity contribution < 1.29 is 9.53 Å². The Morgan fingerprint density at radius 2 is 1.94 bits per heavy atom. The van der Waals surface area contributed by atoms with Crippen molar-refractivity contribution in [2.75, 3.05) is 39.8 Å². The molecule has 102 valence electrons. The number of hydrogen-bond acceptors (Lipinski definition) is 5. The number of nitrogens with zero attached hydrogens (tertiary/aromatic N) is 3. The Kier molecular flexibility index (Phi) is 5.12. The van der Waals surface area contributed by atoms with Crippen LogP contribution >= 0.6 is 0 Å². The smallest absolute Gasteiger partial charge is 0.312 e. The summed E-state index contributed by atoms with van der Waals surface area (Å²) in [4.78, 5) is 16.1. The molecule has 0 spiro atoms. The summed E-state index contributed by atoms with van der Waals surface area (Å²) in [6.07, 6.45) is 0. The molecule has 1 rings (SSSR count). The lowest BCUT2D eigenvalue weighted by Crippen LogP contribution is -2.52. The van der Waals surface area contributed by atoms with Gasteiger partial charge in [-0.2, -0.15) is 5.26 Å². The van der Waals surface area contributed by atoms with Crippen LogP contribution in [0.2, 0.25) is 0 Å². The molecule has 1 heterocycles. The molecule has 0 aromatic heterocycles. The van der Waals surface area contributed by atoms with Crippen molar-refractivity contribution in [3.05, 3.63) is 0 Å². The van der Waals surface area contributed by atoms with Crippen LogP contribution in [-0.4, -0.2) is 61.6 Å².